The summed E-state index contributed by atoms with van der Waals surface area (Å²) in [6.07, 6.45) is 4.33. The highest BCUT2D eigenvalue weighted by atomic mass is 35.5. The number of halogens is 1. The van der Waals surface area contributed by atoms with E-state index in [4.69, 9.17) is 16.3 Å². The zero-order valence-electron chi connectivity index (χ0n) is 12.8. The Bertz CT molecular complexity index is 873. The molecule has 0 aliphatic carbocycles. The maximum Gasteiger partial charge on any atom is 0.267 e. The summed E-state index contributed by atoms with van der Waals surface area (Å²) < 4.78 is 29.4. The maximum absolute atomic E-state index is 12.4. The molecule has 1 aromatic carbocycles. The van der Waals surface area contributed by atoms with Gasteiger partial charge in [0.1, 0.15) is 20.9 Å². The molecule has 24 heavy (non-hydrogen) atoms. The van der Waals surface area contributed by atoms with Gasteiger partial charge < -0.3 is 10.1 Å². The summed E-state index contributed by atoms with van der Waals surface area (Å²) in [6, 6.07) is 4.55. The lowest BCUT2D eigenvalue weighted by molar-refractivity contribution is 0.103. The summed E-state index contributed by atoms with van der Waals surface area (Å²) in [7, 11) is -3.58. The Morgan fingerprint density at radius 2 is 2.25 bits per heavy atom. The minimum Gasteiger partial charge on any atom is -0.371 e. The Labute approximate surface area is 148 Å². The van der Waals surface area contributed by atoms with Crippen molar-refractivity contribution in [2.75, 3.05) is 18.2 Å². The first-order chi connectivity index (χ1) is 11.4. The summed E-state index contributed by atoms with van der Waals surface area (Å²) in [5.41, 5.74) is 0.155. The molecule has 1 saturated heterocycles. The Morgan fingerprint density at radius 3 is 2.92 bits per heavy atom. The molecular weight excluding hydrogens is 372 g/mol. The Kier molecular flexibility index (Phi) is 4.91. The van der Waals surface area contributed by atoms with Gasteiger partial charge in [0.2, 0.25) is 0 Å². The number of rotatable bonds is 4. The van der Waals surface area contributed by atoms with Crippen molar-refractivity contribution in [3.8, 4) is 0 Å². The zero-order chi connectivity index (χ0) is 17.3. The van der Waals surface area contributed by atoms with Gasteiger partial charge in [-0.2, -0.15) is 0 Å². The second-order valence-corrected chi connectivity index (χ2v) is 8.83. The lowest BCUT2D eigenvalue weighted by atomic mass is 10.2. The molecule has 1 atom stereocenters. The summed E-state index contributed by atoms with van der Waals surface area (Å²) in [5.74, 6) is -0.427. The highest BCUT2D eigenvalue weighted by molar-refractivity contribution is 7.91. The van der Waals surface area contributed by atoms with Gasteiger partial charge in [-0.3, -0.25) is 4.79 Å². The summed E-state index contributed by atoms with van der Waals surface area (Å²) in [5, 5.41) is 3.43. The van der Waals surface area contributed by atoms with Crippen LogP contribution >= 0.6 is 22.9 Å². The second-order valence-electron chi connectivity index (χ2n) is 5.41. The van der Waals surface area contributed by atoms with Gasteiger partial charge in [-0.25, -0.2) is 13.4 Å². The SMILES string of the molecule is CS(=O)(=O)c1c(Cl)cccc1NC(=O)c1cnc(C2CCCO2)s1. The van der Waals surface area contributed by atoms with E-state index in [2.05, 4.69) is 10.3 Å². The third-order valence-corrected chi connectivity index (χ3v) is 6.24. The van der Waals surface area contributed by atoms with Crippen LogP contribution in [0.1, 0.15) is 33.6 Å². The quantitative estimate of drug-likeness (QED) is 0.871. The van der Waals surface area contributed by atoms with Gasteiger partial charge in [0.15, 0.2) is 9.84 Å². The lowest BCUT2D eigenvalue weighted by Crippen LogP contribution is -2.13. The van der Waals surface area contributed by atoms with Crippen LogP contribution in [0.3, 0.4) is 0 Å². The first kappa shape index (κ1) is 17.3. The molecule has 1 fully saturated rings. The van der Waals surface area contributed by atoms with E-state index in [0.717, 1.165) is 24.1 Å². The number of aromatic nitrogens is 1. The van der Waals surface area contributed by atoms with Crippen molar-refractivity contribution in [2.45, 2.75) is 23.8 Å². The van der Waals surface area contributed by atoms with Crippen LogP contribution in [-0.2, 0) is 14.6 Å². The number of nitrogens with one attached hydrogen (secondary N) is 1. The number of sulfone groups is 1. The molecule has 0 spiro atoms. The zero-order valence-corrected chi connectivity index (χ0v) is 15.2. The van der Waals surface area contributed by atoms with Gasteiger partial charge in [0.25, 0.3) is 5.91 Å². The van der Waals surface area contributed by atoms with Gasteiger partial charge in [0, 0.05) is 12.9 Å². The van der Waals surface area contributed by atoms with Crippen molar-refractivity contribution >= 4 is 44.4 Å². The number of hydrogen-bond acceptors (Lipinski definition) is 6. The summed E-state index contributed by atoms with van der Waals surface area (Å²) in [4.78, 5) is 16.9. The standard InChI is InChI=1S/C15H15ClN2O4S2/c1-24(20,21)13-9(16)4-2-5-10(13)18-14(19)12-8-17-15(23-12)11-6-3-7-22-11/h2,4-5,8,11H,3,6-7H2,1H3,(H,18,19). The molecule has 0 radical (unpaired) electrons. The van der Waals surface area contributed by atoms with Crippen molar-refractivity contribution in [1.29, 1.82) is 0 Å². The van der Waals surface area contributed by atoms with E-state index >= 15 is 0 Å². The van der Waals surface area contributed by atoms with Gasteiger partial charge >= 0.3 is 0 Å². The van der Waals surface area contributed by atoms with Crippen LogP contribution in [0.15, 0.2) is 29.3 Å². The van der Waals surface area contributed by atoms with E-state index in [-0.39, 0.29) is 21.7 Å². The molecule has 128 valence electrons. The van der Waals surface area contributed by atoms with Crippen LogP contribution < -0.4 is 5.32 Å². The van der Waals surface area contributed by atoms with E-state index < -0.39 is 15.7 Å². The van der Waals surface area contributed by atoms with E-state index in [1.54, 1.807) is 6.07 Å². The number of carbonyl (C=O) groups excluding carboxylic acids is 1. The van der Waals surface area contributed by atoms with Gasteiger partial charge in [-0.05, 0) is 25.0 Å². The van der Waals surface area contributed by atoms with Gasteiger partial charge in [-0.1, -0.05) is 17.7 Å². The molecule has 3 rings (SSSR count). The highest BCUT2D eigenvalue weighted by Gasteiger charge is 2.24. The smallest absolute Gasteiger partial charge is 0.267 e. The molecular formula is C15H15ClN2O4S2. The molecule has 1 aromatic heterocycles. The first-order valence-corrected chi connectivity index (χ1v) is 10.3. The van der Waals surface area contributed by atoms with E-state index in [9.17, 15) is 13.2 Å². The number of carbonyl (C=O) groups is 1. The minimum absolute atomic E-state index is 0.0608. The molecule has 0 saturated carbocycles. The highest BCUT2D eigenvalue weighted by Crippen LogP contribution is 2.33. The first-order valence-electron chi connectivity index (χ1n) is 7.23. The van der Waals surface area contributed by atoms with E-state index in [0.29, 0.717) is 11.5 Å². The van der Waals surface area contributed by atoms with Crippen LogP contribution in [-0.4, -0.2) is 32.2 Å². The van der Waals surface area contributed by atoms with Gasteiger partial charge in [-0.15, -0.1) is 11.3 Å². The normalized spacial score (nSPS) is 17.8. The van der Waals surface area contributed by atoms with Crippen molar-refractivity contribution in [3.05, 3.63) is 39.3 Å². The van der Waals surface area contributed by atoms with Crippen LogP contribution in [0, 0.1) is 0 Å². The molecule has 1 unspecified atom stereocenters. The molecule has 2 aromatic rings. The largest absolute Gasteiger partial charge is 0.371 e. The average molecular weight is 387 g/mol. The predicted molar refractivity (Wildman–Crippen MR) is 92.6 cm³/mol. The number of nitrogens with zero attached hydrogens (tertiary/aromatic N) is 1. The van der Waals surface area contributed by atoms with Crippen molar-refractivity contribution < 1.29 is 17.9 Å². The Balaban J connectivity index is 1.84. The topological polar surface area (TPSA) is 85.4 Å². The van der Waals surface area contributed by atoms with E-state index in [1.807, 2.05) is 0 Å². The molecule has 2 heterocycles. The van der Waals surface area contributed by atoms with Crippen molar-refractivity contribution in [1.82, 2.24) is 4.98 Å². The van der Waals surface area contributed by atoms with Crippen molar-refractivity contribution in [3.63, 3.8) is 0 Å². The molecule has 0 bridgehead atoms. The third kappa shape index (κ3) is 3.61. The number of thiazole rings is 1. The molecule has 9 heteroatoms. The Hall–Kier alpha value is -1.48. The fraction of sp³-hybridized carbons (Fsp3) is 0.333. The number of anilines is 1. The fourth-order valence-electron chi connectivity index (χ4n) is 2.48. The van der Waals surface area contributed by atoms with Crippen LogP contribution in [0.2, 0.25) is 5.02 Å². The minimum atomic E-state index is -3.58. The number of benzene rings is 1. The van der Waals surface area contributed by atoms with Crippen LogP contribution in [0.25, 0.3) is 0 Å². The van der Waals surface area contributed by atoms with E-state index in [1.165, 1.54) is 29.7 Å². The van der Waals surface area contributed by atoms with Crippen LogP contribution in [0.5, 0.6) is 0 Å². The van der Waals surface area contributed by atoms with Gasteiger partial charge in [0.05, 0.1) is 16.9 Å². The molecule has 1 amide bonds. The average Bonchev–Trinajstić information content (AvgIpc) is 3.17. The van der Waals surface area contributed by atoms with Crippen molar-refractivity contribution in [2.24, 2.45) is 0 Å². The molecule has 6 nitrogen and oxygen atoms in total. The molecule has 1 aliphatic heterocycles. The number of ether oxygens (including phenoxy) is 1. The maximum atomic E-state index is 12.4. The molecule has 1 N–H and O–H groups in total. The summed E-state index contributed by atoms with van der Waals surface area (Å²) in [6.45, 7) is 0.700. The van der Waals surface area contributed by atoms with Crippen LogP contribution in [0.4, 0.5) is 5.69 Å². The number of hydrogen-bond donors (Lipinski definition) is 1. The third-order valence-electron chi connectivity index (χ3n) is 3.54. The second kappa shape index (κ2) is 6.79. The summed E-state index contributed by atoms with van der Waals surface area (Å²) >= 11 is 7.22. The molecule has 1 aliphatic rings. The number of amides is 1. The Morgan fingerprint density at radius 1 is 1.46 bits per heavy atom. The monoisotopic (exact) mass is 386 g/mol. The predicted octanol–water partition coefficient (Wildman–Crippen LogP) is 3.30. The fourth-order valence-corrected chi connectivity index (χ4v) is 4.91. The lowest BCUT2D eigenvalue weighted by Gasteiger charge is -2.10.